The maximum Gasteiger partial charge on any atom is 0.303 e. The molecule has 1 aromatic rings. The zero-order valence-electron chi connectivity index (χ0n) is 10.0. The Morgan fingerprint density at radius 1 is 1.41 bits per heavy atom. The third kappa shape index (κ3) is 4.65. The highest BCUT2D eigenvalue weighted by atomic mass is 35.5. The van der Waals surface area contributed by atoms with Crippen LogP contribution in [0.2, 0.25) is 5.02 Å². The number of aliphatic carboxylic acids is 1. The van der Waals surface area contributed by atoms with Crippen LogP contribution in [0.4, 0.5) is 0 Å². The van der Waals surface area contributed by atoms with Gasteiger partial charge in [0.05, 0.1) is 18.1 Å². The summed E-state index contributed by atoms with van der Waals surface area (Å²) in [6.07, 6.45) is 0.113. The number of carbonyl (C=O) groups is 1. The second-order valence-electron chi connectivity index (χ2n) is 4.34. The number of hydrogen-bond acceptors (Lipinski definition) is 2. The minimum atomic E-state index is -0.800. The molecule has 0 amide bonds. The van der Waals surface area contributed by atoms with Gasteiger partial charge in [-0.15, -0.1) is 0 Å². The first-order valence-corrected chi connectivity index (χ1v) is 5.97. The second kappa shape index (κ2) is 6.50. The van der Waals surface area contributed by atoms with E-state index in [0.717, 1.165) is 0 Å². The molecule has 0 saturated heterocycles. The first-order chi connectivity index (χ1) is 8.00. The lowest BCUT2D eigenvalue weighted by atomic mass is 9.93. The van der Waals surface area contributed by atoms with E-state index in [9.17, 15) is 4.79 Å². The van der Waals surface area contributed by atoms with E-state index in [0.29, 0.717) is 17.4 Å². The van der Waals surface area contributed by atoms with E-state index < -0.39 is 5.97 Å². The molecule has 0 fully saturated rings. The Kier molecular flexibility index (Phi) is 5.29. The molecule has 0 aliphatic rings. The summed E-state index contributed by atoms with van der Waals surface area (Å²) >= 11 is 5.95. The maximum absolute atomic E-state index is 10.7. The third-order valence-electron chi connectivity index (χ3n) is 2.67. The fraction of sp³-hybridized carbons (Fsp3) is 0.462. The summed E-state index contributed by atoms with van der Waals surface area (Å²) in [6.45, 7) is 4.35. The molecule has 1 atom stereocenters. The first kappa shape index (κ1) is 13.8. The lowest BCUT2D eigenvalue weighted by Crippen LogP contribution is -2.21. The normalized spacial score (nSPS) is 12.5. The summed E-state index contributed by atoms with van der Waals surface area (Å²) in [7, 11) is 0. The molecule has 0 saturated carbocycles. The molecule has 0 spiro atoms. The van der Waals surface area contributed by atoms with Gasteiger partial charge in [-0.1, -0.05) is 37.6 Å². The van der Waals surface area contributed by atoms with Crippen molar-refractivity contribution in [3.05, 3.63) is 29.3 Å². The van der Waals surface area contributed by atoms with Crippen molar-refractivity contribution in [2.75, 3.05) is 6.61 Å². The minimum absolute atomic E-state index is 0.0104. The molecule has 0 bridgehead atoms. The van der Waals surface area contributed by atoms with Crippen LogP contribution >= 0.6 is 11.6 Å². The Labute approximate surface area is 106 Å². The maximum atomic E-state index is 10.7. The van der Waals surface area contributed by atoms with Gasteiger partial charge in [-0.2, -0.15) is 0 Å². The third-order valence-corrected chi connectivity index (χ3v) is 2.98. The Bertz CT molecular complexity index is 377. The standard InChI is InChI=1S/C13H17ClO3/c1-9(2)10(7-13(15)16)8-17-12-6-4-3-5-11(12)14/h3-6,9-10H,7-8H2,1-2H3,(H,15,16). The summed E-state index contributed by atoms with van der Waals surface area (Å²) in [4.78, 5) is 10.7. The molecular weight excluding hydrogens is 240 g/mol. The highest BCUT2D eigenvalue weighted by molar-refractivity contribution is 6.32. The number of hydrogen-bond donors (Lipinski definition) is 1. The molecule has 0 heterocycles. The van der Waals surface area contributed by atoms with Crippen LogP contribution in [0.15, 0.2) is 24.3 Å². The highest BCUT2D eigenvalue weighted by Crippen LogP contribution is 2.25. The van der Waals surface area contributed by atoms with Crippen molar-refractivity contribution in [3.8, 4) is 5.75 Å². The number of halogens is 1. The van der Waals surface area contributed by atoms with Gasteiger partial charge in [0.25, 0.3) is 0 Å². The van der Waals surface area contributed by atoms with Crippen molar-refractivity contribution in [3.63, 3.8) is 0 Å². The van der Waals surface area contributed by atoms with Gasteiger partial charge in [-0.25, -0.2) is 0 Å². The molecule has 0 radical (unpaired) electrons. The van der Waals surface area contributed by atoms with Gasteiger partial charge in [-0.3, -0.25) is 4.79 Å². The average Bonchev–Trinajstić information content (AvgIpc) is 2.25. The van der Waals surface area contributed by atoms with Crippen molar-refractivity contribution in [2.24, 2.45) is 11.8 Å². The van der Waals surface area contributed by atoms with Gasteiger partial charge in [0.1, 0.15) is 5.75 Å². The lowest BCUT2D eigenvalue weighted by molar-refractivity contribution is -0.138. The van der Waals surface area contributed by atoms with Crippen LogP contribution in [0.3, 0.4) is 0 Å². The van der Waals surface area contributed by atoms with E-state index in [1.165, 1.54) is 0 Å². The van der Waals surface area contributed by atoms with Crippen LogP contribution in [0.25, 0.3) is 0 Å². The Morgan fingerprint density at radius 3 is 2.59 bits per heavy atom. The fourth-order valence-corrected chi connectivity index (χ4v) is 1.66. The van der Waals surface area contributed by atoms with E-state index in [1.807, 2.05) is 26.0 Å². The van der Waals surface area contributed by atoms with Crippen molar-refractivity contribution >= 4 is 17.6 Å². The minimum Gasteiger partial charge on any atom is -0.492 e. The molecule has 1 unspecified atom stereocenters. The summed E-state index contributed by atoms with van der Waals surface area (Å²) in [5.41, 5.74) is 0. The van der Waals surface area contributed by atoms with Gasteiger partial charge < -0.3 is 9.84 Å². The van der Waals surface area contributed by atoms with Gasteiger partial charge >= 0.3 is 5.97 Å². The zero-order chi connectivity index (χ0) is 12.8. The Hall–Kier alpha value is -1.22. The van der Waals surface area contributed by atoms with E-state index in [1.54, 1.807) is 12.1 Å². The predicted molar refractivity (Wildman–Crippen MR) is 67.5 cm³/mol. The number of carboxylic acid groups (broad SMARTS) is 1. The Morgan fingerprint density at radius 2 is 2.06 bits per heavy atom. The highest BCUT2D eigenvalue weighted by Gasteiger charge is 2.18. The van der Waals surface area contributed by atoms with Crippen molar-refractivity contribution in [1.29, 1.82) is 0 Å². The van der Waals surface area contributed by atoms with Gasteiger partial charge in [0.2, 0.25) is 0 Å². The second-order valence-corrected chi connectivity index (χ2v) is 4.75. The summed E-state index contributed by atoms with van der Waals surface area (Å²) in [5, 5.41) is 9.35. The predicted octanol–water partition coefficient (Wildman–Crippen LogP) is 3.47. The number of para-hydroxylation sites is 1. The van der Waals surface area contributed by atoms with Gasteiger partial charge in [-0.05, 0) is 18.1 Å². The molecule has 4 heteroatoms. The SMILES string of the molecule is CC(C)C(COc1ccccc1Cl)CC(=O)O. The zero-order valence-corrected chi connectivity index (χ0v) is 10.8. The van der Waals surface area contributed by atoms with Crippen molar-refractivity contribution < 1.29 is 14.6 Å². The van der Waals surface area contributed by atoms with Crippen molar-refractivity contribution in [2.45, 2.75) is 20.3 Å². The Balaban J connectivity index is 2.58. The van der Waals surface area contributed by atoms with Crippen LogP contribution in [0.5, 0.6) is 5.75 Å². The number of carboxylic acids is 1. The van der Waals surface area contributed by atoms with E-state index in [4.69, 9.17) is 21.4 Å². The van der Waals surface area contributed by atoms with Crippen LogP contribution < -0.4 is 4.74 Å². The summed E-state index contributed by atoms with van der Waals surface area (Å²) in [6, 6.07) is 7.19. The smallest absolute Gasteiger partial charge is 0.303 e. The molecule has 1 N–H and O–H groups in total. The van der Waals surface area contributed by atoms with Crippen molar-refractivity contribution in [1.82, 2.24) is 0 Å². The largest absolute Gasteiger partial charge is 0.492 e. The quantitative estimate of drug-likeness (QED) is 0.848. The number of ether oxygens (including phenoxy) is 1. The number of benzene rings is 1. The van der Waals surface area contributed by atoms with Crippen LogP contribution in [-0.4, -0.2) is 17.7 Å². The molecule has 94 valence electrons. The van der Waals surface area contributed by atoms with Crippen LogP contribution in [0, 0.1) is 11.8 Å². The average molecular weight is 257 g/mol. The topological polar surface area (TPSA) is 46.5 Å². The molecule has 0 aliphatic heterocycles. The molecule has 0 aromatic heterocycles. The molecular formula is C13H17ClO3. The molecule has 1 aromatic carbocycles. The van der Waals surface area contributed by atoms with Crippen LogP contribution in [0.1, 0.15) is 20.3 Å². The number of rotatable bonds is 6. The van der Waals surface area contributed by atoms with E-state index >= 15 is 0 Å². The first-order valence-electron chi connectivity index (χ1n) is 5.59. The van der Waals surface area contributed by atoms with E-state index in [2.05, 4.69) is 0 Å². The summed E-state index contributed by atoms with van der Waals surface area (Å²) < 4.78 is 5.57. The lowest BCUT2D eigenvalue weighted by Gasteiger charge is -2.19. The monoisotopic (exact) mass is 256 g/mol. The van der Waals surface area contributed by atoms with Gasteiger partial charge in [0, 0.05) is 5.92 Å². The molecule has 3 nitrogen and oxygen atoms in total. The molecule has 17 heavy (non-hydrogen) atoms. The summed E-state index contributed by atoms with van der Waals surface area (Å²) in [5.74, 6) is 0.0500. The molecule has 1 rings (SSSR count). The molecule has 0 aliphatic carbocycles. The van der Waals surface area contributed by atoms with E-state index in [-0.39, 0.29) is 18.3 Å². The van der Waals surface area contributed by atoms with Crippen LogP contribution in [-0.2, 0) is 4.79 Å². The van der Waals surface area contributed by atoms with Gasteiger partial charge in [0.15, 0.2) is 0 Å². The fourth-order valence-electron chi connectivity index (χ4n) is 1.47.